The number of nitrogens with one attached hydrogen (secondary N) is 1. The van der Waals surface area contributed by atoms with Gasteiger partial charge in [-0.05, 0) is 32.6 Å². The zero-order chi connectivity index (χ0) is 18.3. The number of nitrogens with zero attached hydrogens (tertiary/aromatic N) is 1. The highest BCUT2D eigenvalue weighted by atomic mass is 16.5. The molecule has 1 N–H and O–H groups in total. The second-order valence-corrected chi connectivity index (χ2v) is 7.24. The highest BCUT2D eigenvalue weighted by molar-refractivity contribution is 5.78. The van der Waals surface area contributed by atoms with Gasteiger partial charge in [-0.15, -0.1) is 0 Å². The van der Waals surface area contributed by atoms with Crippen LogP contribution in [-0.2, 0) is 14.3 Å². The number of hydrogen-bond acceptors (Lipinski definition) is 4. The quantitative estimate of drug-likeness (QED) is 0.727. The molecule has 6 heteroatoms. The molecule has 0 saturated heterocycles. The van der Waals surface area contributed by atoms with Crippen LogP contribution >= 0.6 is 0 Å². The molecule has 2 saturated carbocycles. The molecule has 6 nitrogen and oxygen atoms in total. The first-order valence-corrected chi connectivity index (χ1v) is 9.82. The number of hydrogen-bond donors (Lipinski definition) is 1. The average Bonchev–Trinajstić information content (AvgIpc) is 2.63. The predicted octanol–water partition coefficient (Wildman–Crippen LogP) is 3.10. The van der Waals surface area contributed by atoms with Crippen molar-refractivity contribution < 1.29 is 19.1 Å². The van der Waals surface area contributed by atoms with Crippen LogP contribution < -0.4 is 5.32 Å². The van der Waals surface area contributed by atoms with E-state index in [9.17, 15) is 9.59 Å². The van der Waals surface area contributed by atoms with E-state index in [1.165, 1.54) is 26.4 Å². The highest BCUT2D eigenvalue weighted by Crippen LogP contribution is 2.55. The maximum absolute atomic E-state index is 12.8. The van der Waals surface area contributed by atoms with Crippen LogP contribution in [0.4, 0.5) is 4.79 Å². The fraction of sp³-hybridized carbons (Fsp3) is 0.895. The molecule has 0 aromatic rings. The molecule has 2 atom stereocenters. The predicted molar refractivity (Wildman–Crippen MR) is 96.4 cm³/mol. The van der Waals surface area contributed by atoms with Crippen molar-refractivity contribution in [2.24, 2.45) is 5.41 Å². The summed E-state index contributed by atoms with van der Waals surface area (Å²) < 4.78 is 10.6. The summed E-state index contributed by atoms with van der Waals surface area (Å²) in [4.78, 5) is 26.1. The van der Waals surface area contributed by atoms with E-state index in [1.807, 2.05) is 0 Å². The summed E-state index contributed by atoms with van der Waals surface area (Å²) in [5, 5.41) is 2.60. The van der Waals surface area contributed by atoms with Gasteiger partial charge in [-0.1, -0.05) is 26.2 Å². The summed E-state index contributed by atoms with van der Waals surface area (Å²) in [7, 11) is 1.33. The van der Waals surface area contributed by atoms with E-state index >= 15 is 0 Å². The Balaban J connectivity index is 2.02. The molecule has 0 aromatic heterocycles. The molecule has 25 heavy (non-hydrogen) atoms. The summed E-state index contributed by atoms with van der Waals surface area (Å²) in [5.41, 5.74) is 0.148. The Kier molecular flexibility index (Phi) is 7.54. The Morgan fingerprint density at radius 1 is 1.20 bits per heavy atom. The van der Waals surface area contributed by atoms with Crippen molar-refractivity contribution in [3.8, 4) is 0 Å². The molecule has 0 aromatic carbocycles. The van der Waals surface area contributed by atoms with Gasteiger partial charge in [0, 0.05) is 37.6 Å². The van der Waals surface area contributed by atoms with Gasteiger partial charge in [-0.25, -0.2) is 4.79 Å². The van der Waals surface area contributed by atoms with Gasteiger partial charge in [0.15, 0.2) is 0 Å². The summed E-state index contributed by atoms with van der Waals surface area (Å²) in [6.07, 6.45) is 8.11. The summed E-state index contributed by atoms with van der Waals surface area (Å²) >= 11 is 0. The lowest BCUT2D eigenvalue weighted by Gasteiger charge is -2.60. The third-order valence-corrected chi connectivity index (χ3v) is 5.85. The smallest absolute Gasteiger partial charge is 0.406 e. The fourth-order valence-electron chi connectivity index (χ4n) is 4.65. The molecule has 0 aliphatic heterocycles. The number of amides is 2. The maximum atomic E-state index is 12.8. The van der Waals surface area contributed by atoms with E-state index in [1.54, 1.807) is 0 Å². The molecular weight excluding hydrogens is 320 g/mol. The van der Waals surface area contributed by atoms with Gasteiger partial charge in [-0.3, -0.25) is 4.79 Å². The van der Waals surface area contributed by atoms with E-state index in [0.29, 0.717) is 19.1 Å². The topological polar surface area (TPSA) is 67.9 Å². The number of rotatable bonds is 8. The van der Waals surface area contributed by atoms with E-state index < -0.39 is 6.09 Å². The van der Waals surface area contributed by atoms with Gasteiger partial charge in [-0.2, -0.15) is 0 Å². The standard InChI is InChI=1S/C19H34N2O4/c1-4-13-21(17(22)9-12-20-18(23)24-3)15-14-16(25-5-2)19(15)10-7-6-8-11-19/h15-16H,4-14H2,1-3H3,(H,20,23)/t15-,16-/m0/s1. The summed E-state index contributed by atoms with van der Waals surface area (Å²) in [6.45, 7) is 6.00. The van der Waals surface area contributed by atoms with Gasteiger partial charge in [0.1, 0.15) is 0 Å². The van der Waals surface area contributed by atoms with Crippen LogP contribution in [0.3, 0.4) is 0 Å². The van der Waals surface area contributed by atoms with E-state index in [-0.39, 0.29) is 17.4 Å². The van der Waals surface area contributed by atoms with Crippen LogP contribution in [0.1, 0.15) is 65.2 Å². The van der Waals surface area contributed by atoms with Crippen molar-refractivity contribution in [3.63, 3.8) is 0 Å². The van der Waals surface area contributed by atoms with Crippen LogP contribution in [0.2, 0.25) is 0 Å². The van der Waals surface area contributed by atoms with Crippen LogP contribution in [0.25, 0.3) is 0 Å². The minimum absolute atomic E-state index is 0.128. The Hall–Kier alpha value is -1.30. The monoisotopic (exact) mass is 354 g/mol. The Morgan fingerprint density at radius 3 is 2.52 bits per heavy atom. The third kappa shape index (κ3) is 4.46. The molecule has 144 valence electrons. The minimum atomic E-state index is -0.487. The van der Waals surface area contributed by atoms with Crippen LogP contribution in [0.15, 0.2) is 0 Å². The first-order valence-electron chi connectivity index (χ1n) is 9.82. The average molecular weight is 354 g/mol. The van der Waals surface area contributed by atoms with Crippen molar-refractivity contribution in [2.45, 2.75) is 77.4 Å². The second kappa shape index (κ2) is 9.41. The van der Waals surface area contributed by atoms with Crippen LogP contribution in [0, 0.1) is 5.41 Å². The number of methoxy groups -OCH3 is 1. The molecule has 0 heterocycles. The lowest BCUT2D eigenvalue weighted by atomic mass is 9.54. The van der Waals surface area contributed by atoms with Crippen molar-refractivity contribution >= 4 is 12.0 Å². The molecule has 2 fully saturated rings. The Morgan fingerprint density at radius 2 is 1.92 bits per heavy atom. The van der Waals surface area contributed by atoms with E-state index in [2.05, 4.69) is 28.8 Å². The molecule has 2 aliphatic rings. The van der Waals surface area contributed by atoms with Gasteiger partial charge in [0.05, 0.1) is 13.2 Å². The second-order valence-electron chi connectivity index (χ2n) is 7.24. The first kappa shape index (κ1) is 20.0. The van der Waals surface area contributed by atoms with Crippen molar-refractivity contribution in [1.29, 1.82) is 0 Å². The van der Waals surface area contributed by atoms with E-state index in [0.717, 1.165) is 38.8 Å². The number of ether oxygens (including phenoxy) is 2. The van der Waals surface area contributed by atoms with E-state index in [4.69, 9.17) is 4.74 Å². The lowest BCUT2D eigenvalue weighted by Crippen LogP contribution is -2.66. The molecule has 2 amide bonds. The van der Waals surface area contributed by atoms with Gasteiger partial charge in [0.25, 0.3) is 0 Å². The summed E-state index contributed by atoms with van der Waals surface area (Å²) in [6, 6.07) is 0.287. The highest BCUT2D eigenvalue weighted by Gasteiger charge is 2.58. The molecule has 2 rings (SSSR count). The normalized spacial score (nSPS) is 24.4. The molecule has 2 aliphatic carbocycles. The van der Waals surface area contributed by atoms with Gasteiger partial charge in [0.2, 0.25) is 5.91 Å². The minimum Gasteiger partial charge on any atom is -0.453 e. The third-order valence-electron chi connectivity index (χ3n) is 5.85. The number of carbonyl (C=O) groups excluding carboxylic acids is 2. The zero-order valence-corrected chi connectivity index (χ0v) is 16.0. The number of alkyl carbamates (subject to hydrolysis) is 1. The van der Waals surface area contributed by atoms with Crippen molar-refractivity contribution in [2.75, 3.05) is 26.8 Å². The fourth-order valence-corrected chi connectivity index (χ4v) is 4.65. The Labute approximate surface area is 151 Å². The van der Waals surface area contributed by atoms with Crippen molar-refractivity contribution in [3.05, 3.63) is 0 Å². The van der Waals surface area contributed by atoms with Gasteiger partial charge < -0.3 is 19.7 Å². The first-order chi connectivity index (χ1) is 12.1. The van der Waals surface area contributed by atoms with Crippen LogP contribution in [-0.4, -0.2) is 55.9 Å². The molecule has 0 radical (unpaired) electrons. The SMILES string of the molecule is CCCN(C(=O)CCNC(=O)OC)[C@H]1C[C@H](OCC)C12CCCCC2. The van der Waals surface area contributed by atoms with Gasteiger partial charge >= 0.3 is 6.09 Å². The molecule has 0 bridgehead atoms. The Bertz CT molecular complexity index is 449. The van der Waals surface area contributed by atoms with Crippen molar-refractivity contribution in [1.82, 2.24) is 10.2 Å². The van der Waals surface area contributed by atoms with Crippen LogP contribution in [0.5, 0.6) is 0 Å². The summed E-state index contributed by atoms with van der Waals surface area (Å²) in [5.74, 6) is 0.128. The molecule has 0 unspecified atom stereocenters. The lowest BCUT2D eigenvalue weighted by molar-refractivity contribution is -0.188. The zero-order valence-electron chi connectivity index (χ0n) is 16.0. The number of carbonyl (C=O) groups is 2. The maximum Gasteiger partial charge on any atom is 0.406 e. The largest absolute Gasteiger partial charge is 0.453 e. The molecule has 1 spiro atoms. The molecular formula is C19H34N2O4.